The number of sulfonamides is 1. The van der Waals surface area contributed by atoms with Crippen LogP contribution < -0.4 is 15.8 Å². The highest BCUT2D eigenvalue weighted by Gasteiger charge is 2.29. The zero-order valence-corrected chi connectivity index (χ0v) is 11.6. The van der Waals surface area contributed by atoms with E-state index < -0.39 is 10.0 Å². The van der Waals surface area contributed by atoms with Crippen LogP contribution in [0.15, 0.2) is 23.1 Å². The number of nitrogen functional groups attached to an aromatic ring is 1. The van der Waals surface area contributed by atoms with Crippen LogP contribution in [0.4, 0.5) is 11.4 Å². The highest BCUT2D eigenvalue weighted by atomic mass is 32.2. The molecule has 1 aliphatic rings. The topological polar surface area (TPSA) is 110 Å². The average Bonchev–Trinajstić information content (AvgIpc) is 2.25. The van der Waals surface area contributed by atoms with Gasteiger partial charge >= 0.3 is 0 Å². The Morgan fingerprint density at radius 1 is 1.42 bits per heavy atom. The molecule has 7 heteroatoms. The lowest BCUT2D eigenvalue weighted by molar-refractivity contribution is 0.0464. The van der Waals surface area contributed by atoms with Crippen molar-refractivity contribution in [1.82, 2.24) is 0 Å². The molecule has 0 saturated heterocycles. The van der Waals surface area contributed by atoms with Gasteiger partial charge in [0.2, 0.25) is 10.0 Å². The van der Waals surface area contributed by atoms with E-state index in [1.807, 2.05) is 11.9 Å². The van der Waals surface area contributed by atoms with Gasteiger partial charge in [0.05, 0.1) is 11.8 Å². The van der Waals surface area contributed by atoms with Gasteiger partial charge in [0.25, 0.3) is 0 Å². The first-order chi connectivity index (χ1) is 8.77. The van der Waals surface area contributed by atoms with E-state index in [-0.39, 0.29) is 11.0 Å². The maximum atomic E-state index is 11.6. The summed E-state index contributed by atoms with van der Waals surface area (Å²) in [6.07, 6.45) is 1.29. The molecule has 5 N–H and O–H groups in total. The van der Waals surface area contributed by atoms with Gasteiger partial charge in [-0.2, -0.15) is 0 Å². The summed E-state index contributed by atoms with van der Waals surface area (Å²) in [5.74, 6) is 0.380. The van der Waals surface area contributed by atoms with E-state index in [9.17, 15) is 13.5 Å². The minimum atomic E-state index is -3.81. The molecule has 1 saturated carbocycles. The number of aliphatic hydroxyl groups excluding tert-OH is 1. The maximum absolute atomic E-state index is 11.6. The fourth-order valence-corrected chi connectivity index (χ4v) is 3.22. The lowest BCUT2D eigenvalue weighted by Gasteiger charge is -2.35. The number of rotatable bonds is 4. The van der Waals surface area contributed by atoms with Crippen LogP contribution in [0.1, 0.15) is 12.8 Å². The van der Waals surface area contributed by atoms with Crippen molar-refractivity contribution < 1.29 is 13.5 Å². The van der Waals surface area contributed by atoms with Gasteiger partial charge in [-0.05, 0) is 37.0 Å². The molecule has 1 aliphatic carbocycles. The molecule has 0 aromatic heterocycles. The molecule has 19 heavy (non-hydrogen) atoms. The lowest BCUT2D eigenvalue weighted by atomic mass is 9.82. The van der Waals surface area contributed by atoms with Crippen LogP contribution in [0.25, 0.3) is 0 Å². The predicted octanol–water partition coefficient (Wildman–Crippen LogP) is 0.123. The Morgan fingerprint density at radius 2 is 2.05 bits per heavy atom. The van der Waals surface area contributed by atoms with E-state index in [4.69, 9.17) is 10.9 Å². The van der Waals surface area contributed by atoms with E-state index >= 15 is 0 Å². The molecule has 0 aliphatic heterocycles. The van der Waals surface area contributed by atoms with E-state index in [2.05, 4.69) is 0 Å². The van der Waals surface area contributed by atoms with Gasteiger partial charge in [0.15, 0.2) is 0 Å². The highest BCUT2D eigenvalue weighted by molar-refractivity contribution is 7.89. The van der Waals surface area contributed by atoms with E-state index in [0.717, 1.165) is 12.8 Å². The van der Waals surface area contributed by atoms with Gasteiger partial charge in [0, 0.05) is 19.3 Å². The Balaban J connectivity index is 2.23. The highest BCUT2D eigenvalue weighted by Crippen LogP contribution is 2.31. The van der Waals surface area contributed by atoms with Crippen LogP contribution in [-0.2, 0) is 10.0 Å². The zero-order chi connectivity index (χ0) is 14.2. The molecular weight excluding hydrogens is 266 g/mol. The molecule has 0 amide bonds. The van der Waals surface area contributed by atoms with Crippen molar-refractivity contribution in [3.8, 4) is 0 Å². The SMILES string of the molecule is CN(CC1CC(O)C1)c1ccc(N)cc1S(N)(=O)=O. The van der Waals surface area contributed by atoms with Crippen molar-refractivity contribution in [2.24, 2.45) is 11.1 Å². The van der Waals surface area contributed by atoms with Crippen molar-refractivity contribution in [2.45, 2.75) is 23.8 Å². The first kappa shape index (κ1) is 14.1. The molecular formula is C12H19N3O3S. The number of aliphatic hydroxyl groups is 1. The second-order valence-corrected chi connectivity index (χ2v) is 6.67. The van der Waals surface area contributed by atoms with Gasteiger partial charge in [-0.1, -0.05) is 0 Å². The summed E-state index contributed by atoms with van der Waals surface area (Å²) in [5.41, 5.74) is 6.51. The summed E-state index contributed by atoms with van der Waals surface area (Å²) in [4.78, 5) is 1.88. The monoisotopic (exact) mass is 285 g/mol. The number of nitrogens with two attached hydrogens (primary N) is 2. The first-order valence-electron chi connectivity index (χ1n) is 6.09. The molecule has 106 valence electrons. The molecule has 1 fully saturated rings. The Labute approximate surface area is 113 Å². The normalized spacial score (nSPS) is 22.9. The van der Waals surface area contributed by atoms with Gasteiger partial charge in [-0.25, -0.2) is 13.6 Å². The van der Waals surface area contributed by atoms with Gasteiger partial charge in [0.1, 0.15) is 4.90 Å². The van der Waals surface area contributed by atoms with Crippen LogP contribution in [0.5, 0.6) is 0 Å². The average molecular weight is 285 g/mol. The van der Waals surface area contributed by atoms with Gasteiger partial charge < -0.3 is 15.7 Å². The Hall–Kier alpha value is -1.31. The molecule has 0 bridgehead atoms. The summed E-state index contributed by atoms with van der Waals surface area (Å²) in [6, 6.07) is 4.68. The van der Waals surface area contributed by atoms with Gasteiger partial charge in [-0.15, -0.1) is 0 Å². The second kappa shape index (κ2) is 4.99. The Kier molecular flexibility index (Phi) is 3.71. The van der Waals surface area contributed by atoms with Crippen LogP contribution in [-0.4, -0.2) is 33.2 Å². The largest absolute Gasteiger partial charge is 0.399 e. The number of benzene rings is 1. The minimum absolute atomic E-state index is 0.0369. The smallest absolute Gasteiger partial charge is 0.240 e. The van der Waals surface area contributed by atoms with E-state index in [0.29, 0.717) is 23.8 Å². The molecule has 6 nitrogen and oxygen atoms in total. The van der Waals surface area contributed by atoms with Crippen molar-refractivity contribution in [2.75, 3.05) is 24.2 Å². The maximum Gasteiger partial charge on any atom is 0.240 e. The van der Waals surface area contributed by atoms with Gasteiger partial charge in [-0.3, -0.25) is 0 Å². The van der Waals surface area contributed by atoms with Crippen molar-refractivity contribution >= 4 is 21.4 Å². The molecule has 1 aromatic rings. The number of hydrogen-bond donors (Lipinski definition) is 3. The van der Waals surface area contributed by atoms with Crippen LogP contribution in [0, 0.1) is 5.92 Å². The standard InChI is InChI=1S/C12H19N3O3S/c1-15(7-8-4-10(16)5-8)11-3-2-9(13)6-12(11)19(14,17)18/h2-3,6,8,10,16H,4-5,7,13H2,1H3,(H2,14,17,18). The quantitative estimate of drug-likeness (QED) is 0.681. The predicted molar refractivity (Wildman–Crippen MR) is 74.2 cm³/mol. The second-order valence-electron chi connectivity index (χ2n) is 5.14. The fraction of sp³-hybridized carbons (Fsp3) is 0.500. The first-order valence-corrected chi connectivity index (χ1v) is 7.63. The molecule has 2 rings (SSSR count). The summed E-state index contributed by atoms with van der Waals surface area (Å²) in [5, 5.41) is 14.5. The van der Waals surface area contributed by atoms with Crippen LogP contribution >= 0.6 is 0 Å². The summed E-state index contributed by atoms with van der Waals surface area (Å²) >= 11 is 0. The van der Waals surface area contributed by atoms with Crippen molar-refractivity contribution in [1.29, 1.82) is 0 Å². The van der Waals surface area contributed by atoms with E-state index in [1.165, 1.54) is 6.07 Å². The third kappa shape index (κ3) is 3.17. The molecule has 1 aromatic carbocycles. The summed E-state index contributed by atoms with van der Waals surface area (Å²) in [6.45, 7) is 0.684. The number of nitrogens with zero attached hydrogens (tertiary/aromatic N) is 1. The van der Waals surface area contributed by atoms with Crippen LogP contribution in [0.3, 0.4) is 0 Å². The molecule has 0 spiro atoms. The third-order valence-electron chi connectivity index (χ3n) is 3.44. The van der Waals surface area contributed by atoms with Crippen LogP contribution in [0.2, 0.25) is 0 Å². The van der Waals surface area contributed by atoms with Crippen molar-refractivity contribution in [3.05, 3.63) is 18.2 Å². The summed E-state index contributed by atoms with van der Waals surface area (Å²) < 4.78 is 23.2. The molecule has 0 atom stereocenters. The Morgan fingerprint density at radius 3 is 2.58 bits per heavy atom. The van der Waals surface area contributed by atoms with E-state index in [1.54, 1.807) is 12.1 Å². The summed E-state index contributed by atoms with van der Waals surface area (Å²) in [7, 11) is -2.00. The number of primary sulfonamides is 1. The third-order valence-corrected chi connectivity index (χ3v) is 4.38. The minimum Gasteiger partial charge on any atom is -0.399 e. The Bertz CT molecular complexity index is 568. The number of hydrogen-bond acceptors (Lipinski definition) is 5. The molecule has 0 heterocycles. The molecule has 0 radical (unpaired) electrons. The molecule has 0 unspecified atom stereocenters. The lowest BCUT2D eigenvalue weighted by Crippen LogP contribution is -2.37. The zero-order valence-electron chi connectivity index (χ0n) is 10.8. The van der Waals surface area contributed by atoms with Crippen molar-refractivity contribution in [3.63, 3.8) is 0 Å². The fourth-order valence-electron chi connectivity index (χ4n) is 2.41. The number of anilines is 2.